The molecule has 15 heavy (non-hydrogen) atoms. The van der Waals surface area contributed by atoms with E-state index in [0.29, 0.717) is 5.56 Å². The van der Waals surface area contributed by atoms with E-state index in [1.165, 1.54) is 6.92 Å². The first kappa shape index (κ1) is 11.7. The average molecular weight is 208 g/mol. The van der Waals surface area contributed by atoms with Gasteiger partial charge in [-0.3, -0.25) is 4.79 Å². The van der Waals surface area contributed by atoms with Gasteiger partial charge in [-0.15, -0.1) is 0 Å². The normalized spacial score (nSPS) is 14.7. The number of carboxylic acid groups (broad SMARTS) is 1. The highest BCUT2D eigenvalue weighted by Gasteiger charge is 2.34. The molecule has 0 bridgehead atoms. The highest BCUT2D eigenvalue weighted by Crippen LogP contribution is 2.25. The minimum Gasteiger partial charge on any atom is -0.481 e. The molecule has 1 unspecified atom stereocenters. The number of benzene rings is 1. The monoisotopic (exact) mass is 208 g/mol. The lowest BCUT2D eigenvalue weighted by Gasteiger charge is -2.23. The number of hydrogen-bond acceptors (Lipinski definition) is 2. The third-order valence-electron chi connectivity index (χ3n) is 2.93. The van der Waals surface area contributed by atoms with Crippen LogP contribution in [0.25, 0.3) is 0 Å². The summed E-state index contributed by atoms with van der Waals surface area (Å²) in [4.78, 5) is 11.1. The first-order chi connectivity index (χ1) is 6.91. The van der Waals surface area contributed by atoms with E-state index in [1.807, 2.05) is 26.0 Å². The van der Waals surface area contributed by atoms with Crippen molar-refractivity contribution >= 4 is 5.97 Å². The van der Waals surface area contributed by atoms with Crippen molar-refractivity contribution in [3.63, 3.8) is 0 Å². The zero-order valence-electron chi connectivity index (χ0n) is 9.24. The maximum absolute atomic E-state index is 11.1. The van der Waals surface area contributed by atoms with Crippen molar-refractivity contribution in [2.24, 2.45) is 0 Å². The largest absolute Gasteiger partial charge is 0.481 e. The van der Waals surface area contributed by atoms with Crippen LogP contribution in [0.1, 0.15) is 23.6 Å². The number of aliphatic carboxylic acids is 1. The van der Waals surface area contributed by atoms with Gasteiger partial charge in [0.2, 0.25) is 0 Å². The van der Waals surface area contributed by atoms with Crippen LogP contribution in [-0.2, 0) is 10.2 Å². The first-order valence-electron chi connectivity index (χ1n) is 4.84. The minimum atomic E-state index is -1.21. The summed E-state index contributed by atoms with van der Waals surface area (Å²) < 4.78 is 0. The van der Waals surface area contributed by atoms with Crippen molar-refractivity contribution < 1.29 is 15.0 Å². The molecule has 0 aliphatic carbocycles. The second-order valence-electron chi connectivity index (χ2n) is 4.09. The molecule has 0 fully saturated rings. The van der Waals surface area contributed by atoms with Crippen molar-refractivity contribution in [2.45, 2.75) is 26.2 Å². The van der Waals surface area contributed by atoms with E-state index in [-0.39, 0.29) is 0 Å². The first-order valence-corrected chi connectivity index (χ1v) is 4.84. The Kier molecular flexibility index (Phi) is 3.15. The molecule has 1 rings (SSSR count). The summed E-state index contributed by atoms with van der Waals surface area (Å²) in [6.45, 7) is 5.03. The van der Waals surface area contributed by atoms with Crippen LogP contribution in [0.15, 0.2) is 18.2 Å². The molecule has 0 aliphatic rings. The second-order valence-corrected chi connectivity index (χ2v) is 4.09. The molecule has 0 saturated carbocycles. The van der Waals surface area contributed by atoms with Gasteiger partial charge >= 0.3 is 5.97 Å². The van der Waals surface area contributed by atoms with Crippen molar-refractivity contribution in [3.05, 3.63) is 34.9 Å². The Morgan fingerprint density at radius 1 is 1.33 bits per heavy atom. The molecule has 1 aromatic carbocycles. The van der Waals surface area contributed by atoms with E-state index in [2.05, 4.69) is 0 Å². The van der Waals surface area contributed by atoms with Gasteiger partial charge in [-0.1, -0.05) is 18.2 Å². The summed E-state index contributed by atoms with van der Waals surface area (Å²) in [5, 5.41) is 18.3. The van der Waals surface area contributed by atoms with Crippen LogP contribution < -0.4 is 0 Å². The summed E-state index contributed by atoms with van der Waals surface area (Å²) in [7, 11) is 0. The standard InChI is InChI=1S/C12H16O3/c1-8-4-5-10(6-9(8)2)12(3,7-13)11(14)15/h4-6,13H,7H2,1-3H3,(H,14,15). The van der Waals surface area contributed by atoms with E-state index in [4.69, 9.17) is 5.11 Å². The fourth-order valence-corrected chi connectivity index (χ4v) is 1.37. The molecule has 3 heteroatoms. The highest BCUT2D eigenvalue weighted by molar-refractivity contribution is 5.81. The summed E-state index contributed by atoms with van der Waals surface area (Å²) in [5.41, 5.74) is 1.58. The maximum Gasteiger partial charge on any atom is 0.316 e. The molecule has 2 N–H and O–H groups in total. The summed E-state index contributed by atoms with van der Waals surface area (Å²) >= 11 is 0. The van der Waals surface area contributed by atoms with Gasteiger partial charge in [0.15, 0.2) is 0 Å². The highest BCUT2D eigenvalue weighted by atomic mass is 16.4. The summed E-state index contributed by atoms with van der Waals surface area (Å²) in [6.07, 6.45) is 0. The molecule has 0 heterocycles. The molecular weight excluding hydrogens is 192 g/mol. The molecular formula is C12H16O3. The van der Waals surface area contributed by atoms with E-state index < -0.39 is 18.0 Å². The Bertz CT molecular complexity index is 384. The van der Waals surface area contributed by atoms with Crippen molar-refractivity contribution in [1.29, 1.82) is 0 Å². The predicted molar refractivity (Wildman–Crippen MR) is 58.0 cm³/mol. The number of aliphatic hydroxyl groups is 1. The number of hydrogen-bond donors (Lipinski definition) is 2. The van der Waals surface area contributed by atoms with Crippen LogP contribution in [0, 0.1) is 13.8 Å². The Labute approximate surface area is 89.4 Å². The molecule has 0 spiro atoms. The lowest BCUT2D eigenvalue weighted by molar-refractivity contribution is -0.144. The molecule has 0 amide bonds. The molecule has 0 radical (unpaired) electrons. The van der Waals surface area contributed by atoms with Crippen LogP contribution in [0.5, 0.6) is 0 Å². The molecule has 82 valence electrons. The Balaban J connectivity index is 3.25. The summed E-state index contributed by atoms with van der Waals surface area (Å²) in [5.74, 6) is -1.01. The van der Waals surface area contributed by atoms with Gasteiger partial charge in [-0.2, -0.15) is 0 Å². The fraction of sp³-hybridized carbons (Fsp3) is 0.417. The summed E-state index contributed by atoms with van der Waals surface area (Å²) in [6, 6.07) is 5.45. The Morgan fingerprint density at radius 3 is 2.33 bits per heavy atom. The molecule has 0 saturated heterocycles. The van der Waals surface area contributed by atoms with Crippen molar-refractivity contribution in [1.82, 2.24) is 0 Å². The van der Waals surface area contributed by atoms with Gasteiger partial charge < -0.3 is 10.2 Å². The van der Waals surface area contributed by atoms with E-state index in [1.54, 1.807) is 6.07 Å². The van der Waals surface area contributed by atoms with Crippen LogP contribution in [0.2, 0.25) is 0 Å². The van der Waals surface area contributed by atoms with Gasteiger partial charge in [0.1, 0.15) is 5.41 Å². The van der Waals surface area contributed by atoms with Gasteiger partial charge in [0.25, 0.3) is 0 Å². The van der Waals surface area contributed by atoms with Crippen LogP contribution in [-0.4, -0.2) is 22.8 Å². The molecule has 1 atom stereocenters. The number of rotatable bonds is 3. The molecule has 0 aromatic heterocycles. The lowest BCUT2D eigenvalue weighted by Crippen LogP contribution is -2.36. The molecule has 3 nitrogen and oxygen atoms in total. The van der Waals surface area contributed by atoms with Crippen molar-refractivity contribution in [2.75, 3.05) is 6.61 Å². The van der Waals surface area contributed by atoms with Crippen LogP contribution in [0.3, 0.4) is 0 Å². The number of carbonyl (C=O) groups is 1. The van der Waals surface area contributed by atoms with Gasteiger partial charge in [-0.25, -0.2) is 0 Å². The Morgan fingerprint density at radius 2 is 1.93 bits per heavy atom. The fourth-order valence-electron chi connectivity index (χ4n) is 1.37. The number of aryl methyl sites for hydroxylation is 2. The quantitative estimate of drug-likeness (QED) is 0.793. The second kappa shape index (κ2) is 4.03. The molecule has 0 aliphatic heterocycles. The zero-order chi connectivity index (χ0) is 11.6. The zero-order valence-corrected chi connectivity index (χ0v) is 9.24. The third-order valence-corrected chi connectivity index (χ3v) is 2.93. The lowest BCUT2D eigenvalue weighted by atomic mass is 9.82. The third kappa shape index (κ3) is 2.02. The number of carboxylic acids is 1. The minimum absolute atomic E-state index is 0.398. The van der Waals surface area contributed by atoms with Gasteiger partial charge in [0.05, 0.1) is 6.61 Å². The van der Waals surface area contributed by atoms with E-state index in [9.17, 15) is 9.90 Å². The van der Waals surface area contributed by atoms with Crippen molar-refractivity contribution in [3.8, 4) is 0 Å². The smallest absolute Gasteiger partial charge is 0.316 e. The topological polar surface area (TPSA) is 57.5 Å². The molecule has 1 aromatic rings. The predicted octanol–water partition coefficient (Wildman–Crippen LogP) is 1.64. The van der Waals surface area contributed by atoms with Gasteiger partial charge in [0, 0.05) is 0 Å². The Hall–Kier alpha value is -1.35. The van der Waals surface area contributed by atoms with E-state index >= 15 is 0 Å². The number of aliphatic hydroxyl groups excluding tert-OH is 1. The maximum atomic E-state index is 11.1. The van der Waals surface area contributed by atoms with Gasteiger partial charge in [-0.05, 0) is 37.5 Å². The average Bonchev–Trinajstić information content (AvgIpc) is 2.20. The SMILES string of the molecule is Cc1ccc(C(C)(CO)C(=O)O)cc1C. The van der Waals surface area contributed by atoms with Crippen LogP contribution in [0.4, 0.5) is 0 Å². The van der Waals surface area contributed by atoms with E-state index in [0.717, 1.165) is 11.1 Å². The van der Waals surface area contributed by atoms with Crippen LogP contribution >= 0.6 is 0 Å².